The first kappa shape index (κ1) is 15.8. The molecule has 1 aliphatic rings. The van der Waals surface area contributed by atoms with E-state index in [0.717, 1.165) is 24.2 Å². The van der Waals surface area contributed by atoms with Crippen molar-refractivity contribution >= 4 is 17.3 Å². The number of hydrogen-bond donors (Lipinski definition) is 2. The van der Waals surface area contributed by atoms with E-state index in [4.69, 9.17) is 0 Å². The van der Waals surface area contributed by atoms with Crippen molar-refractivity contribution in [1.29, 1.82) is 0 Å². The Morgan fingerprint density at radius 2 is 2.05 bits per heavy atom. The summed E-state index contributed by atoms with van der Waals surface area (Å²) in [7, 11) is 5.89. The third-order valence-electron chi connectivity index (χ3n) is 4.39. The molecule has 1 aliphatic carbocycles. The summed E-state index contributed by atoms with van der Waals surface area (Å²) in [6.45, 7) is 0. The first-order chi connectivity index (χ1) is 10.1. The number of carbonyl (C=O) groups excluding carboxylic acids is 1. The monoisotopic (exact) mass is 290 g/mol. The second-order valence-corrected chi connectivity index (χ2v) is 6.10. The minimum absolute atomic E-state index is 0.0389. The predicted octanol–water partition coefficient (Wildman–Crippen LogP) is 2.40. The molecule has 1 aromatic rings. The summed E-state index contributed by atoms with van der Waals surface area (Å²) in [5.74, 6) is 0.0577. The summed E-state index contributed by atoms with van der Waals surface area (Å²) in [6.07, 6.45) is 9.79. The lowest BCUT2D eigenvalue weighted by atomic mass is 9.79. The van der Waals surface area contributed by atoms with Crippen molar-refractivity contribution in [2.75, 3.05) is 31.4 Å². The Labute approximate surface area is 127 Å². The molecule has 1 fully saturated rings. The zero-order valence-corrected chi connectivity index (χ0v) is 13.3. The molecule has 5 heteroatoms. The zero-order valence-electron chi connectivity index (χ0n) is 13.3. The average Bonchev–Trinajstić information content (AvgIpc) is 2.48. The highest BCUT2D eigenvalue weighted by Crippen LogP contribution is 2.31. The van der Waals surface area contributed by atoms with Crippen LogP contribution in [-0.2, 0) is 4.79 Å². The standard InChI is InChI=1S/C16H26N4O/c1-17-16(8-5-4-6-9-16)11-15(21)19-13-12-18-10-7-14(13)20(2)3/h7,10,12,17H,4-6,8-9,11H2,1-3H3,(H,19,21). The third kappa shape index (κ3) is 3.94. The molecular formula is C16H26N4O. The second-order valence-electron chi connectivity index (χ2n) is 6.10. The van der Waals surface area contributed by atoms with Gasteiger partial charge in [0.15, 0.2) is 0 Å². The minimum atomic E-state index is -0.0389. The van der Waals surface area contributed by atoms with E-state index >= 15 is 0 Å². The van der Waals surface area contributed by atoms with Crippen LogP contribution in [0.5, 0.6) is 0 Å². The Morgan fingerprint density at radius 3 is 2.67 bits per heavy atom. The normalized spacial score (nSPS) is 17.3. The van der Waals surface area contributed by atoms with Crippen molar-refractivity contribution in [3.63, 3.8) is 0 Å². The van der Waals surface area contributed by atoms with Crippen LogP contribution in [0.1, 0.15) is 38.5 Å². The summed E-state index contributed by atoms with van der Waals surface area (Å²) >= 11 is 0. The highest BCUT2D eigenvalue weighted by Gasteiger charge is 2.32. The van der Waals surface area contributed by atoms with Gasteiger partial charge in [0, 0.05) is 32.3 Å². The van der Waals surface area contributed by atoms with Crippen molar-refractivity contribution in [3.05, 3.63) is 18.5 Å². The van der Waals surface area contributed by atoms with Gasteiger partial charge in [-0.25, -0.2) is 0 Å². The Hall–Kier alpha value is -1.62. The van der Waals surface area contributed by atoms with Crippen LogP contribution in [0, 0.1) is 0 Å². The van der Waals surface area contributed by atoms with Gasteiger partial charge >= 0.3 is 0 Å². The molecule has 0 saturated heterocycles. The molecule has 0 spiro atoms. The largest absolute Gasteiger partial charge is 0.376 e. The van der Waals surface area contributed by atoms with Crippen molar-refractivity contribution in [3.8, 4) is 0 Å². The molecule has 1 saturated carbocycles. The number of pyridine rings is 1. The topological polar surface area (TPSA) is 57.3 Å². The molecule has 0 unspecified atom stereocenters. The van der Waals surface area contributed by atoms with Crippen molar-refractivity contribution in [1.82, 2.24) is 10.3 Å². The maximum atomic E-state index is 12.4. The van der Waals surface area contributed by atoms with Crippen LogP contribution < -0.4 is 15.5 Å². The van der Waals surface area contributed by atoms with Gasteiger partial charge in [0.05, 0.1) is 17.6 Å². The van der Waals surface area contributed by atoms with Gasteiger partial charge in [-0.1, -0.05) is 19.3 Å². The Kier molecular flexibility index (Phi) is 5.17. The summed E-state index contributed by atoms with van der Waals surface area (Å²) in [5.41, 5.74) is 1.71. The fraction of sp³-hybridized carbons (Fsp3) is 0.625. The summed E-state index contributed by atoms with van der Waals surface area (Å²) in [5, 5.41) is 6.40. The number of nitrogens with one attached hydrogen (secondary N) is 2. The number of amides is 1. The molecule has 0 aromatic carbocycles. The van der Waals surface area contributed by atoms with Crippen LogP contribution in [0.3, 0.4) is 0 Å². The van der Waals surface area contributed by atoms with E-state index < -0.39 is 0 Å². The molecule has 0 radical (unpaired) electrons. The number of nitrogens with zero attached hydrogens (tertiary/aromatic N) is 2. The first-order valence-corrected chi connectivity index (χ1v) is 7.66. The van der Waals surface area contributed by atoms with Gasteiger partial charge in [0.1, 0.15) is 0 Å². The van der Waals surface area contributed by atoms with E-state index in [1.165, 1.54) is 19.3 Å². The summed E-state index contributed by atoms with van der Waals surface area (Å²) in [6, 6.07) is 1.91. The first-order valence-electron chi connectivity index (χ1n) is 7.66. The van der Waals surface area contributed by atoms with Crippen LogP contribution in [-0.4, -0.2) is 37.6 Å². The lowest BCUT2D eigenvalue weighted by Crippen LogP contribution is -2.47. The second kappa shape index (κ2) is 6.89. The molecule has 2 N–H and O–H groups in total. The molecule has 0 bridgehead atoms. The van der Waals surface area contributed by atoms with E-state index in [2.05, 4.69) is 15.6 Å². The van der Waals surface area contributed by atoms with Crippen molar-refractivity contribution in [2.24, 2.45) is 0 Å². The molecule has 2 rings (SSSR count). The SMILES string of the molecule is CNC1(CC(=O)Nc2cnccc2N(C)C)CCCCC1. The lowest BCUT2D eigenvalue weighted by Gasteiger charge is -2.36. The van der Waals surface area contributed by atoms with Gasteiger partial charge in [-0.15, -0.1) is 0 Å². The van der Waals surface area contributed by atoms with E-state index in [9.17, 15) is 4.79 Å². The van der Waals surface area contributed by atoms with Gasteiger partial charge in [0.25, 0.3) is 0 Å². The van der Waals surface area contributed by atoms with Gasteiger partial charge in [-0.05, 0) is 26.0 Å². The fourth-order valence-electron chi connectivity index (χ4n) is 3.12. The number of hydrogen-bond acceptors (Lipinski definition) is 4. The van der Waals surface area contributed by atoms with Gasteiger partial charge < -0.3 is 15.5 Å². The number of aromatic nitrogens is 1. The van der Waals surface area contributed by atoms with E-state index in [-0.39, 0.29) is 11.4 Å². The third-order valence-corrected chi connectivity index (χ3v) is 4.39. The van der Waals surface area contributed by atoms with Crippen LogP contribution in [0.2, 0.25) is 0 Å². The number of carbonyl (C=O) groups is 1. The molecule has 1 aromatic heterocycles. The Bertz CT molecular complexity index is 481. The maximum Gasteiger partial charge on any atom is 0.226 e. The molecular weight excluding hydrogens is 264 g/mol. The quantitative estimate of drug-likeness (QED) is 0.874. The Balaban J connectivity index is 2.04. The number of rotatable bonds is 5. The van der Waals surface area contributed by atoms with E-state index in [1.54, 1.807) is 12.4 Å². The average molecular weight is 290 g/mol. The van der Waals surface area contributed by atoms with Gasteiger partial charge in [-0.3, -0.25) is 9.78 Å². The molecule has 21 heavy (non-hydrogen) atoms. The molecule has 5 nitrogen and oxygen atoms in total. The van der Waals surface area contributed by atoms with Gasteiger partial charge in [-0.2, -0.15) is 0 Å². The van der Waals surface area contributed by atoms with Crippen LogP contribution in [0.4, 0.5) is 11.4 Å². The molecule has 1 heterocycles. The van der Waals surface area contributed by atoms with Crippen LogP contribution >= 0.6 is 0 Å². The number of anilines is 2. The summed E-state index contributed by atoms with van der Waals surface area (Å²) in [4.78, 5) is 18.5. The molecule has 116 valence electrons. The highest BCUT2D eigenvalue weighted by atomic mass is 16.1. The van der Waals surface area contributed by atoms with Crippen molar-refractivity contribution < 1.29 is 4.79 Å². The van der Waals surface area contributed by atoms with Gasteiger partial charge in [0.2, 0.25) is 5.91 Å². The lowest BCUT2D eigenvalue weighted by molar-refractivity contribution is -0.117. The molecule has 0 aliphatic heterocycles. The summed E-state index contributed by atoms with van der Waals surface area (Å²) < 4.78 is 0. The van der Waals surface area contributed by atoms with Crippen LogP contribution in [0.25, 0.3) is 0 Å². The van der Waals surface area contributed by atoms with E-state index in [0.29, 0.717) is 6.42 Å². The molecule has 1 amide bonds. The maximum absolute atomic E-state index is 12.4. The van der Waals surface area contributed by atoms with E-state index in [1.807, 2.05) is 32.1 Å². The van der Waals surface area contributed by atoms with Crippen molar-refractivity contribution in [2.45, 2.75) is 44.1 Å². The highest BCUT2D eigenvalue weighted by molar-refractivity contribution is 5.94. The fourth-order valence-corrected chi connectivity index (χ4v) is 3.12. The zero-order chi connectivity index (χ0) is 15.3. The smallest absolute Gasteiger partial charge is 0.226 e. The van der Waals surface area contributed by atoms with Crippen LogP contribution in [0.15, 0.2) is 18.5 Å². The Morgan fingerprint density at radius 1 is 1.33 bits per heavy atom. The predicted molar refractivity (Wildman–Crippen MR) is 86.7 cm³/mol. The minimum Gasteiger partial charge on any atom is -0.376 e. The molecule has 0 atom stereocenters.